The Morgan fingerprint density at radius 1 is 1.25 bits per heavy atom. The van der Waals surface area contributed by atoms with Gasteiger partial charge in [-0.25, -0.2) is 0 Å². The molecule has 1 aliphatic rings. The fourth-order valence-corrected chi connectivity index (χ4v) is 3.01. The van der Waals surface area contributed by atoms with Crippen LogP contribution in [-0.2, 0) is 10.3 Å². The summed E-state index contributed by atoms with van der Waals surface area (Å²) in [6.07, 6.45) is 2.18. The van der Waals surface area contributed by atoms with Crippen LogP contribution in [0.5, 0.6) is 0 Å². The molecule has 2 rings (SSSR count). The number of rotatable bonds is 3. The van der Waals surface area contributed by atoms with E-state index in [9.17, 15) is 4.79 Å². The third-order valence-electron chi connectivity index (χ3n) is 4.59. The summed E-state index contributed by atoms with van der Waals surface area (Å²) in [5.74, 6) is 1.48. The monoisotopic (exact) mass is 274 g/mol. The number of likely N-dealkylation sites (tertiary alicyclic amines) is 1. The molecule has 1 aromatic carbocycles. The van der Waals surface area contributed by atoms with Crippen molar-refractivity contribution < 1.29 is 4.79 Å². The molecule has 0 aromatic heterocycles. The Hall–Kier alpha value is -1.35. The van der Waals surface area contributed by atoms with Gasteiger partial charge in [-0.15, -0.1) is 0 Å². The SMILES string of the molecule is CC(C)C1CCN(C(=O)C(C)(N)c2ccccc2)CC1. The van der Waals surface area contributed by atoms with E-state index in [0.29, 0.717) is 5.92 Å². The smallest absolute Gasteiger partial charge is 0.246 e. The predicted molar refractivity (Wildman–Crippen MR) is 82.1 cm³/mol. The number of amides is 1. The number of piperidine rings is 1. The first-order chi connectivity index (χ1) is 9.43. The van der Waals surface area contributed by atoms with E-state index in [1.807, 2.05) is 42.2 Å². The van der Waals surface area contributed by atoms with E-state index in [-0.39, 0.29) is 5.91 Å². The molecule has 1 atom stereocenters. The maximum atomic E-state index is 12.7. The van der Waals surface area contributed by atoms with Crippen molar-refractivity contribution in [1.29, 1.82) is 0 Å². The van der Waals surface area contributed by atoms with E-state index in [0.717, 1.165) is 37.4 Å². The number of nitrogens with zero attached hydrogens (tertiary/aromatic N) is 1. The lowest BCUT2D eigenvalue weighted by Gasteiger charge is -2.38. The number of carbonyl (C=O) groups is 1. The minimum Gasteiger partial charge on any atom is -0.341 e. The normalized spacial score (nSPS) is 19.9. The average molecular weight is 274 g/mol. The highest BCUT2D eigenvalue weighted by Crippen LogP contribution is 2.27. The van der Waals surface area contributed by atoms with Gasteiger partial charge in [-0.1, -0.05) is 44.2 Å². The van der Waals surface area contributed by atoms with Gasteiger partial charge in [-0.05, 0) is 37.2 Å². The molecule has 1 unspecified atom stereocenters. The van der Waals surface area contributed by atoms with Crippen molar-refractivity contribution >= 4 is 5.91 Å². The van der Waals surface area contributed by atoms with Crippen LogP contribution in [0.3, 0.4) is 0 Å². The Morgan fingerprint density at radius 2 is 1.80 bits per heavy atom. The van der Waals surface area contributed by atoms with Crippen molar-refractivity contribution in [1.82, 2.24) is 4.90 Å². The molecule has 1 saturated heterocycles. The predicted octanol–water partition coefficient (Wildman–Crippen LogP) is 2.76. The van der Waals surface area contributed by atoms with Crippen LogP contribution in [0.1, 0.15) is 39.2 Å². The van der Waals surface area contributed by atoms with Gasteiger partial charge in [-0.2, -0.15) is 0 Å². The maximum absolute atomic E-state index is 12.7. The van der Waals surface area contributed by atoms with E-state index in [4.69, 9.17) is 5.73 Å². The molecule has 2 N–H and O–H groups in total. The molecule has 1 aromatic rings. The maximum Gasteiger partial charge on any atom is 0.246 e. The van der Waals surface area contributed by atoms with Gasteiger partial charge >= 0.3 is 0 Å². The van der Waals surface area contributed by atoms with Crippen LogP contribution in [0.2, 0.25) is 0 Å². The molecule has 1 heterocycles. The Bertz CT molecular complexity index is 445. The first kappa shape index (κ1) is 15.0. The van der Waals surface area contributed by atoms with Crippen LogP contribution >= 0.6 is 0 Å². The lowest BCUT2D eigenvalue weighted by Crippen LogP contribution is -2.53. The molecule has 1 amide bonds. The topological polar surface area (TPSA) is 46.3 Å². The Balaban J connectivity index is 2.05. The minimum absolute atomic E-state index is 0.0471. The first-order valence-electron chi connectivity index (χ1n) is 7.56. The van der Waals surface area contributed by atoms with Crippen LogP contribution in [0.25, 0.3) is 0 Å². The van der Waals surface area contributed by atoms with Crippen LogP contribution in [0.15, 0.2) is 30.3 Å². The first-order valence-corrected chi connectivity index (χ1v) is 7.56. The lowest BCUT2D eigenvalue weighted by atomic mass is 9.85. The molecule has 0 saturated carbocycles. The highest BCUT2D eigenvalue weighted by Gasteiger charge is 2.36. The van der Waals surface area contributed by atoms with Crippen LogP contribution in [0.4, 0.5) is 0 Å². The standard InChI is InChI=1S/C17H26N2O/c1-13(2)14-9-11-19(12-10-14)16(20)17(3,18)15-7-5-4-6-8-15/h4-8,13-14H,9-12,18H2,1-3H3. The number of hydrogen-bond acceptors (Lipinski definition) is 2. The van der Waals surface area contributed by atoms with Crippen molar-refractivity contribution in [2.45, 2.75) is 39.2 Å². The zero-order valence-electron chi connectivity index (χ0n) is 12.8. The largest absolute Gasteiger partial charge is 0.341 e. The minimum atomic E-state index is -0.925. The van der Waals surface area contributed by atoms with Crippen LogP contribution in [-0.4, -0.2) is 23.9 Å². The number of benzene rings is 1. The van der Waals surface area contributed by atoms with Crippen molar-refractivity contribution in [3.8, 4) is 0 Å². The highest BCUT2D eigenvalue weighted by molar-refractivity contribution is 5.87. The second-order valence-electron chi connectivity index (χ2n) is 6.44. The summed E-state index contributed by atoms with van der Waals surface area (Å²) in [5, 5.41) is 0. The third-order valence-corrected chi connectivity index (χ3v) is 4.59. The zero-order valence-corrected chi connectivity index (χ0v) is 12.8. The Kier molecular flexibility index (Phi) is 4.48. The van der Waals surface area contributed by atoms with Gasteiger partial charge in [-0.3, -0.25) is 4.79 Å². The third kappa shape index (κ3) is 3.04. The van der Waals surface area contributed by atoms with Crippen LogP contribution < -0.4 is 5.73 Å². The van der Waals surface area contributed by atoms with E-state index in [2.05, 4.69) is 13.8 Å². The van der Waals surface area contributed by atoms with Gasteiger partial charge in [0.1, 0.15) is 5.54 Å². The molecule has 0 aliphatic carbocycles. The molecule has 0 spiro atoms. The molecular weight excluding hydrogens is 248 g/mol. The van der Waals surface area contributed by atoms with Gasteiger partial charge in [0.05, 0.1) is 0 Å². The Morgan fingerprint density at radius 3 is 2.30 bits per heavy atom. The fourth-order valence-electron chi connectivity index (χ4n) is 3.01. The number of carbonyl (C=O) groups excluding carboxylic acids is 1. The average Bonchev–Trinajstić information content (AvgIpc) is 2.47. The zero-order chi connectivity index (χ0) is 14.8. The second-order valence-corrected chi connectivity index (χ2v) is 6.44. The highest BCUT2D eigenvalue weighted by atomic mass is 16.2. The number of hydrogen-bond donors (Lipinski definition) is 1. The van der Waals surface area contributed by atoms with Crippen LogP contribution in [0, 0.1) is 11.8 Å². The number of nitrogens with two attached hydrogens (primary N) is 1. The molecule has 1 aliphatic heterocycles. The van der Waals surface area contributed by atoms with E-state index < -0.39 is 5.54 Å². The van der Waals surface area contributed by atoms with E-state index >= 15 is 0 Å². The van der Waals surface area contributed by atoms with Crippen molar-refractivity contribution in [3.63, 3.8) is 0 Å². The van der Waals surface area contributed by atoms with Gasteiger partial charge in [0.2, 0.25) is 5.91 Å². The summed E-state index contributed by atoms with van der Waals surface area (Å²) in [6, 6.07) is 9.66. The van der Waals surface area contributed by atoms with Gasteiger partial charge in [0, 0.05) is 13.1 Å². The van der Waals surface area contributed by atoms with Gasteiger partial charge in [0.15, 0.2) is 0 Å². The molecule has 3 nitrogen and oxygen atoms in total. The van der Waals surface area contributed by atoms with E-state index in [1.54, 1.807) is 0 Å². The summed E-state index contributed by atoms with van der Waals surface area (Å²) in [7, 11) is 0. The summed E-state index contributed by atoms with van der Waals surface area (Å²) in [4.78, 5) is 14.6. The van der Waals surface area contributed by atoms with Crippen molar-refractivity contribution in [2.75, 3.05) is 13.1 Å². The molecule has 0 bridgehead atoms. The summed E-state index contributed by atoms with van der Waals surface area (Å²) in [6.45, 7) is 8.01. The molecular formula is C17H26N2O. The molecule has 1 fully saturated rings. The quantitative estimate of drug-likeness (QED) is 0.921. The van der Waals surface area contributed by atoms with Gasteiger partial charge in [0.25, 0.3) is 0 Å². The molecule has 3 heteroatoms. The summed E-state index contributed by atoms with van der Waals surface area (Å²) in [5.41, 5.74) is 6.28. The lowest BCUT2D eigenvalue weighted by molar-refractivity contribution is -0.138. The van der Waals surface area contributed by atoms with Gasteiger partial charge < -0.3 is 10.6 Å². The summed E-state index contributed by atoms with van der Waals surface area (Å²) >= 11 is 0. The van der Waals surface area contributed by atoms with E-state index in [1.165, 1.54) is 0 Å². The molecule has 110 valence electrons. The second kappa shape index (κ2) is 5.96. The summed E-state index contributed by atoms with van der Waals surface area (Å²) < 4.78 is 0. The van der Waals surface area contributed by atoms with Crippen molar-refractivity contribution in [3.05, 3.63) is 35.9 Å². The fraction of sp³-hybridized carbons (Fsp3) is 0.588. The Labute approximate surface area is 122 Å². The molecule has 0 radical (unpaired) electrons. The molecule has 20 heavy (non-hydrogen) atoms. The van der Waals surface area contributed by atoms with Crippen molar-refractivity contribution in [2.24, 2.45) is 17.6 Å².